The Morgan fingerprint density at radius 2 is 2.11 bits per heavy atom. The van der Waals surface area contributed by atoms with Crippen LogP contribution in [0.15, 0.2) is 45.3 Å². The van der Waals surface area contributed by atoms with E-state index in [2.05, 4.69) is 20.9 Å². The smallest absolute Gasteiger partial charge is 0.229 e. The minimum absolute atomic E-state index is 0.502. The minimum atomic E-state index is 0.502. The molecule has 1 heterocycles. The van der Waals surface area contributed by atoms with Gasteiger partial charge in [0, 0.05) is 10.5 Å². The summed E-state index contributed by atoms with van der Waals surface area (Å²) in [5.41, 5.74) is 8.85. The molecule has 0 saturated carbocycles. The van der Waals surface area contributed by atoms with Gasteiger partial charge in [-0.15, -0.1) is 0 Å². The van der Waals surface area contributed by atoms with Gasteiger partial charge in [-0.05, 0) is 40.2 Å². The van der Waals surface area contributed by atoms with E-state index < -0.39 is 0 Å². The zero-order chi connectivity index (χ0) is 13.4. The average Bonchev–Trinajstić information content (AvgIpc) is 2.84. The summed E-state index contributed by atoms with van der Waals surface area (Å²) < 4.78 is 11.7. The van der Waals surface area contributed by atoms with E-state index in [9.17, 15) is 0 Å². The van der Waals surface area contributed by atoms with Crippen LogP contribution in [0.1, 0.15) is 0 Å². The molecule has 0 unspecified atom stereocenters. The van der Waals surface area contributed by atoms with E-state index in [1.54, 1.807) is 13.2 Å². The number of fused-ring (bicyclic) bond motifs is 1. The molecule has 4 nitrogen and oxygen atoms in total. The van der Waals surface area contributed by atoms with Crippen LogP contribution in [0.3, 0.4) is 0 Å². The van der Waals surface area contributed by atoms with Gasteiger partial charge in [-0.25, -0.2) is 4.98 Å². The van der Waals surface area contributed by atoms with Crippen molar-refractivity contribution in [3.05, 3.63) is 40.9 Å². The lowest BCUT2D eigenvalue weighted by Crippen LogP contribution is -1.91. The zero-order valence-electron chi connectivity index (χ0n) is 10.2. The average molecular weight is 319 g/mol. The van der Waals surface area contributed by atoms with Crippen molar-refractivity contribution in [2.45, 2.75) is 0 Å². The number of ether oxygens (including phenoxy) is 1. The Bertz CT molecular complexity index is 752. The van der Waals surface area contributed by atoms with Crippen LogP contribution in [-0.2, 0) is 0 Å². The summed E-state index contributed by atoms with van der Waals surface area (Å²) in [4.78, 5) is 4.44. The molecule has 1 aromatic heterocycles. The summed E-state index contributed by atoms with van der Waals surface area (Å²) in [6, 6.07) is 11.2. The van der Waals surface area contributed by atoms with Gasteiger partial charge in [-0.3, -0.25) is 0 Å². The monoisotopic (exact) mass is 318 g/mol. The first-order valence-electron chi connectivity index (χ1n) is 5.68. The van der Waals surface area contributed by atoms with Crippen LogP contribution >= 0.6 is 15.9 Å². The van der Waals surface area contributed by atoms with Gasteiger partial charge in [0.2, 0.25) is 5.89 Å². The number of aromatic nitrogens is 1. The quantitative estimate of drug-likeness (QED) is 0.729. The molecule has 0 radical (unpaired) electrons. The molecule has 96 valence electrons. The molecule has 0 amide bonds. The number of hydrogen-bond donors (Lipinski definition) is 1. The maximum Gasteiger partial charge on any atom is 0.229 e. The molecule has 0 aliphatic carbocycles. The molecule has 0 saturated heterocycles. The molecular weight excluding hydrogens is 308 g/mol. The molecule has 0 fully saturated rings. The largest absolute Gasteiger partial charge is 0.497 e. The third kappa shape index (κ3) is 2.06. The molecule has 19 heavy (non-hydrogen) atoms. The van der Waals surface area contributed by atoms with Crippen molar-refractivity contribution in [1.82, 2.24) is 4.98 Å². The normalized spacial score (nSPS) is 10.8. The predicted molar refractivity (Wildman–Crippen MR) is 78.1 cm³/mol. The standard InChI is InChI=1S/C14H11BrN2O2/c1-18-8-5-6-11-12(7-8)19-14(17-11)9-3-2-4-10(15)13(9)16/h2-7H,16H2,1H3. The van der Waals surface area contributed by atoms with Crippen molar-refractivity contribution < 1.29 is 9.15 Å². The lowest BCUT2D eigenvalue weighted by molar-refractivity contribution is 0.414. The highest BCUT2D eigenvalue weighted by molar-refractivity contribution is 9.10. The van der Waals surface area contributed by atoms with Crippen LogP contribution < -0.4 is 10.5 Å². The van der Waals surface area contributed by atoms with E-state index in [1.165, 1.54) is 0 Å². The minimum Gasteiger partial charge on any atom is -0.497 e. The molecule has 0 spiro atoms. The van der Waals surface area contributed by atoms with Crippen LogP contribution in [0.2, 0.25) is 0 Å². The topological polar surface area (TPSA) is 61.3 Å². The number of hydrogen-bond acceptors (Lipinski definition) is 4. The van der Waals surface area contributed by atoms with Gasteiger partial charge in [0.1, 0.15) is 11.3 Å². The van der Waals surface area contributed by atoms with E-state index >= 15 is 0 Å². The SMILES string of the molecule is COc1ccc2nc(-c3cccc(Br)c3N)oc2c1. The highest BCUT2D eigenvalue weighted by Crippen LogP contribution is 2.33. The van der Waals surface area contributed by atoms with Gasteiger partial charge in [-0.1, -0.05) is 6.07 Å². The first-order valence-corrected chi connectivity index (χ1v) is 6.47. The second kappa shape index (κ2) is 4.59. The van der Waals surface area contributed by atoms with Crippen molar-refractivity contribution >= 4 is 32.7 Å². The summed E-state index contributed by atoms with van der Waals surface area (Å²) in [7, 11) is 1.62. The second-order valence-corrected chi connectivity index (χ2v) is 4.91. The van der Waals surface area contributed by atoms with Crippen LogP contribution in [-0.4, -0.2) is 12.1 Å². The number of para-hydroxylation sites is 1. The van der Waals surface area contributed by atoms with Crippen molar-refractivity contribution in [2.24, 2.45) is 0 Å². The van der Waals surface area contributed by atoms with E-state index in [-0.39, 0.29) is 0 Å². The fourth-order valence-electron chi connectivity index (χ4n) is 1.87. The van der Waals surface area contributed by atoms with Gasteiger partial charge in [0.15, 0.2) is 5.58 Å². The number of rotatable bonds is 2. The summed E-state index contributed by atoms with van der Waals surface area (Å²) in [5, 5.41) is 0. The van der Waals surface area contributed by atoms with Crippen LogP contribution in [0, 0.1) is 0 Å². The third-order valence-electron chi connectivity index (χ3n) is 2.88. The van der Waals surface area contributed by atoms with Gasteiger partial charge in [-0.2, -0.15) is 0 Å². The number of methoxy groups -OCH3 is 1. The number of nitrogens with zero attached hydrogens (tertiary/aromatic N) is 1. The number of halogens is 1. The lowest BCUT2D eigenvalue weighted by Gasteiger charge is -2.02. The Morgan fingerprint density at radius 1 is 1.26 bits per heavy atom. The fraction of sp³-hybridized carbons (Fsp3) is 0.0714. The number of anilines is 1. The van der Waals surface area contributed by atoms with E-state index in [1.807, 2.05) is 30.3 Å². The maximum absolute atomic E-state index is 6.02. The molecule has 0 atom stereocenters. The van der Waals surface area contributed by atoms with Crippen LogP contribution in [0.4, 0.5) is 5.69 Å². The highest BCUT2D eigenvalue weighted by Gasteiger charge is 2.12. The summed E-state index contributed by atoms with van der Waals surface area (Å²) in [6.45, 7) is 0. The first-order chi connectivity index (χ1) is 9.19. The predicted octanol–water partition coefficient (Wildman–Crippen LogP) is 3.85. The molecular formula is C14H11BrN2O2. The fourth-order valence-corrected chi connectivity index (χ4v) is 2.24. The summed E-state index contributed by atoms with van der Waals surface area (Å²) in [5.74, 6) is 1.24. The highest BCUT2D eigenvalue weighted by atomic mass is 79.9. The van der Waals surface area contributed by atoms with Gasteiger partial charge >= 0.3 is 0 Å². The van der Waals surface area contributed by atoms with Crippen molar-refractivity contribution in [1.29, 1.82) is 0 Å². The van der Waals surface area contributed by atoms with Crippen molar-refractivity contribution in [3.8, 4) is 17.2 Å². The van der Waals surface area contributed by atoms with E-state index in [0.717, 1.165) is 21.3 Å². The van der Waals surface area contributed by atoms with E-state index in [4.69, 9.17) is 14.9 Å². The number of nitrogen functional groups attached to an aromatic ring is 1. The van der Waals surface area contributed by atoms with Gasteiger partial charge in [0.05, 0.1) is 18.4 Å². The van der Waals surface area contributed by atoms with Crippen molar-refractivity contribution in [2.75, 3.05) is 12.8 Å². The molecule has 2 N–H and O–H groups in total. The Balaban J connectivity index is 2.18. The maximum atomic E-state index is 6.02. The molecule has 0 bridgehead atoms. The Labute approximate surface area is 118 Å². The second-order valence-electron chi connectivity index (χ2n) is 4.05. The summed E-state index contributed by atoms with van der Waals surface area (Å²) >= 11 is 3.40. The Hall–Kier alpha value is -2.01. The number of nitrogens with two attached hydrogens (primary N) is 1. The Morgan fingerprint density at radius 3 is 2.89 bits per heavy atom. The number of benzene rings is 2. The zero-order valence-corrected chi connectivity index (χ0v) is 11.8. The number of oxazole rings is 1. The molecule has 3 rings (SSSR count). The molecule has 2 aromatic carbocycles. The van der Waals surface area contributed by atoms with Crippen LogP contribution in [0.5, 0.6) is 5.75 Å². The van der Waals surface area contributed by atoms with Crippen molar-refractivity contribution in [3.63, 3.8) is 0 Å². The Kier molecular flexibility index (Phi) is 2.91. The molecule has 3 aromatic rings. The molecule has 0 aliphatic heterocycles. The van der Waals surface area contributed by atoms with E-state index in [0.29, 0.717) is 17.2 Å². The first kappa shape index (κ1) is 12.0. The van der Waals surface area contributed by atoms with Gasteiger partial charge < -0.3 is 14.9 Å². The molecule has 0 aliphatic rings. The third-order valence-corrected chi connectivity index (χ3v) is 3.57. The van der Waals surface area contributed by atoms with Crippen LogP contribution in [0.25, 0.3) is 22.6 Å². The lowest BCUT2D eigenvalue weighted by atomic mass is 10.2. The van der Waals surface area contributed by atoms with Gasteiger partial charge in [0.25, 0.3) is 0 Å². The molecule has 5 heteroatoms. The summed E-state index contributed by atoms with van der Waals surface area (Å²) in [6.07, 6.45) is 0.